The van der Waals surface area contributed by atoms with Crippen molar-refractivity contribution < 1.29 is 0 Å². The normalized spacial score (nSPS) is 13.6. The van der Waals surface area contributed by atoms with Gasteiger partial charge in [-0.05, 0) is 18.4 Å². The maximum atomic E-state index is 6.13. The molecule has 0 aliphatic heterocycles. The van der Waals surface area contributed by atoms with Crippen LogP contribution in [0.5, 0.6) is 0 Å². The maximum Gasteiger partial charge on any atom is 0.147 e. The van der Waals surface area contributed by atoms with Crippen LogP contribution in [0.4, 0.5) is 11.5 Å². The average Bonchev–Trinajstić information content (AvgIpc) is 2.14. The van der Waals surface area contributed by atoms with Gasteiger partial charge in [-0.25, -0.2) is 4.98 Å². The number of pyridine rings is 1. The minimum atomic E-state index is 0.168. The number of nitrogens with two attached hydrogens (primary N) is 1. The molecule has 2 N–H and O–H groups in total. The van der Waals surface area contributed by atoms with E-state index in [1.54, 1.807) is 12.3 Å². The van der Waals surface area contributed by atoms with E-state index < -0.39 is 0 Å². The van der Waals surface area contributed by atoms with Crippen LogP contribution in [0.25, 0.3) is 0 Å². The van der Waals surface area contributed by atoms with Crippen molar-refractivity contribution in [1.29, 1.82) is 0 Å². The zero-order valence-corrected chi connectivity index (χ0v) is 11.3. The van der Waals surface area contributed by atoms with Crippen molar-refractivity contribution in [1.82, 2.24) is 4.98 Å². The molecule has 0 amide bonds. The van der Waals surface area contributed by atoms with Gasteiger partial charge in [0.15, 0.2) is 0 Å². The second-order valence-corrected chi connectivity index (χ2v) is 5.63. The van der Waals surface area contributed by atoms with Gasteiger partial charge in [-0.15, -0.1) is 0 Å². The highest BCUT2D eigenvalue weighted by Gasteiger charge is 2.25. The van der Waals surface area contributed by atoms with Gasteiger partial charge in [-0.2, -0.15) is 0 Å². The molecule has 1 aromatic heterocycles. The molecule has 3 nitrogen and oxygen atoms in total. The summed E-state index contributed by atoms with van der Waals surface area (Å²) in [7, 11) is 2.00. The van der Waals surface area contributed by atoms with Crippen molar-refractivity contribution >= 4 is 23.1 Å². The molecule has 1 atom stereocenters. The molecule has 0 saturated carbocycles. The first-order valence-corrected chi connectivity index (χ1v) is 5.75. The molecule has 0 bridgehead atoms. The Labute approximate surface area is 103 Å². The van der Waals surface area contributed by atoms with Gasteiger partial charge in [-0.3, -0.25) is 0 Å². The molecule has 1 rings (SSSR count). The molecule has 16 heavy (non-hydrogen) atoms. The molecule has 0 saturated heterocycles. The van der Waals surface area contributed by atoms with E-state index >= 15 is 0 Å². The fourth-order valence-corrected chi connectivity index (χ4v) is 1.78. The Balaban J connectivity index is 3.01. The monoisotopic (exact) mass is 241 g/mol. The van der Waals surface area contributed by atoms with E-state index in [4.69, 9.17) is 17.3 Å². The van der Waals surface area contributed by atoms with Crippen LogP contribution in [0.3, 0.4) is 0 Å². The fraction of sp³-hybridized carbons (Fsp3) is 0.583. The van der Waals surface area contributed by atoms with Crippen LogP contribution >= 0.6 is 11.6 Å². The van der Waals surface area contributed by atoms with Crippen molar-refractivity contribution in [3.05, 3.63) is 17.3 Å². The number of anilines is 2. The second kappa shape index (κ2) is 4.50. The Morgan fingerprint density at radius 1 is 1.44 bits per heavy atom. The standard InChI is InChI=1S/C12H20ClN3/c1-8(12(2,3)4)16(5)11-10(13)6-9(14)7-15-11/h6-8H,14H2,1-5H3. The number of aromatic nitrogens is 1. The number of nitrogens with zero attached hydrogens (tertiary/aromatic N) is 2. The van der Waals surface area contributed by atoms with Gasteiger partial charge in [0.05, 0.1) is 16.9 Å². The number of hydrogen-bond acceptors (Lipinski definition) is 3. The van der Waals surface area contributed by atoms with E-state index in [-0.39, 0.29) is 5.41 Å². The maximum absolute atomic E-state index is 6.13. The van der Waals surface area contributed by atoms with Crippen LogP contribution in [-0.2, 0) is 0 Å². The average molecular weight is 242 g/mol. The summed E-state index contributed by atoms with van der Waals surface area (Å²) in [5, 5.41) is 0.596. The minimum absolute atomic E-state index is 0.168. The van der Waals surface area contributed by atoms with Crippen molar-refractivity contribution in [2.24, 2.45) is 5.41 Å². The lowest BCUT2D eigenvalue weighted by Crippen LogP contribution is -2.39. The molecular weight excluding hydrogens is 222 g/mol. The van der Waals surface area contributed by atoms with Crippen LogP contribution in [-0.4, -0.2) is 18.1 Å². The summed E-state index contributed by atoms with van der Waals surface area (Å²) in [6.07, 6.45) is 1.63. The van der Waals surface area contributed by atoms with E-state index in [2.05, 4.69) is 37.6 Å². The zero-order chi connectivity index (χ0) is 12.5. The predicted molar refractivity (Wildman–Crippen MR) is 71.0 cm³/mol. The summed E-state index contributed by atoms with van der Waals surface area (Å²) >= 11 is 6.13. The lowest BCUT2D eigenvalue weighted by atomic mass is 9.87. The van der Waals surface area contributed by atoms with Crippen molar-refractivity contribution in [2.75, 3.05) is 17.7 Å². The summed E-state index contributed by atoms with van der Waals surface area (Å²) in [5.74, 6) is 0.776. The number of rotatable bonds is 2. The Kier molecular flexibility index (Phi) is 3.68. The van der Waals surface area contributed by atoms with Crippen LogP contribution in [0.15, 0.2) is 12.3 Å². The highest BCUT2D eigenvalue weighted by Crippen LogP contribution is 2.30. The fourth-order valence-electron chi connectivity index (χ4n) is 1.47. The van der Waals surface area contributed by atoms with Gasteiger partial charge in [0.1, 0.15) is 5.82 Å². The third-order valence-electron chi connectivity index (χ3n) is 3.01. The Morgan fingerprint density at radius 2 is 2.00 bits per heavy atom. The van der Waals surface area contributed by atoms with Crippen LogP contribution in [0, 0.1) is 5.41 Å². The molecule has 1 aromatic rings. The van der Waals surface area contributed by atoms with Gasteiger partial charge in [0.25, 0.3) is 0 Å². The lowest BCUT2D eigenvalue weighted by molar-refractivity contribution is 0.328. The summed E-state index contributed by atoms with van der Waals surface area (Å²) in [6.45, 7) is 8.74. The third kappa shape index (κ3) is 2.79. The lowest BCUT2D eigenvalue weighted by Gasteiger charge is -2.36. The molecule has 0 radical (unpaired) electrons. The molecule has 1 unspecified atom stereocenters. The Bertz CT molecular complexity index is 371. The smallest absolute Gasteiger partial charge is 0.147 e. The number of halogens is 1. The quantitative estimate of drug-likeness (QED) is 0.865. The van der Waals surface area contributed by atoms with Crippen LogP contribution in [0.1, 0.15) is 27.7 Å². The molecule has 4 heteroatoms. The van der Waals surface area contributed by atoms with E-state index in [1.165, 1.54) is 0 Å². The Morgan fingerprint density at radius 3 is 2.44 bits per heavy atom. The number of hydrogen-bond donors (Lipinski definition) is 1. The molecule has 0 aliphatic carbocycles. The summed E-state index contributed by atoms with van der Waals surface area (Å²) < 4.78 is 0. The van der Waals surface area contributed by atoms with E-state index in [0.29, 0.717) is 16.8 Å². The highest BCUT2D eigenvalue weighted by molar-refractivity contribution is 6.33. The van der Waals surface area contributed by atoms with Crippen LogP contribution in [0.2, 0.25) is 5.02 Å². The molecule has 90 valence electrons. The zero-order valence-electron chi connectivity index (χ0n) is 10.6. The van der Waals surface area contributed by atoms with Gasteiger partial charge in [-0.1, -0.05) is 32.4 Å². The van der Waals surface area contributed by atoms with Crippen molar-refractivity contribution in [2.45, 2.75) is 33.7 Å². The molecular formula is C12H20ClN3. The Hall–Kier alpha value is -0.960. The molecule has 0 aromatic carbocycles. The first-order valence-electron chi connectivity index (χ1n) is 5.37. The first-order chi connectivity index (χ1) is 7.23. The largest absolute Gasteiger partial charge is 0.397 e. The molecule has 0 fully saturated rings. The van der Waals surface area contributed by atoms with E-state index in [0.717, 1.165) is 5.82 Å². The van der Waals surface area contributed by atoms with Crippen LogP contribution < -0.4 is 10.6 Å². The highest BCUT2D eigenvalue weighted by atomic mass is 35.5. The molecule has 0 spiro atoms. The van der Waals surface area contributed by atoms with Crippen molar-refractivity contribution in [3.63, 3.8) is 0 Å². The van der Waals surface area contributed by atoms with Gasteiger partial charge in [0, 0.05) is 13.1 Å². The topological polar surface area (TPSA) is 42.2 Å². The van der Waals surface area contributed by atoms with Crippen molar-refractivity contribution in [3.8, 4) is 0 Å². The summed E-state index contributed by atoms with van der Waals surface area (Å²) in [6, 6.07) is 2.07. The minimum Gasteiger partial charge on any atom is -0.397 e. The van der Waals surface area contributed by atoms with Gasteiger partial charge >= 0.3 is 0 Å². The number of nitrogen functional groups attached to an aromatic ring is 1. The first kappa shape index (κ1) is 13.1. The van der Waals surface area contributed by atoms with Gasteiger partial charge in [0.2, 0.25) is 0 Å². The summed E-state index contributed by atoms with van der Waals surface area (Å²) in [5.41, 5.74) is 6.38. The second-order valence-electron chi connectivity index (χ2n) is 5.23. The van der Waals surface area contributed by atoms with Gasteiger partial charge < -0.3 is 10.6 Å². The van der Waals surface area contributed by atoms with E-state index in [9.17, 15) is 0 Å². The molecule has 1 heterocycles. The van der Waals surface area contributed by atoms with E-state index in [1.807, 2.05) is 7.05 Å². The SMILES string of the molecule is CC(N(C)c1ncc(N)cc1Cl)C(C)(C)C. The molecule has 0 aliphatic rings. The third-order valence-corrected chi connectivity index (χ3v) is 3.29. The predicted octanol–water partition coefficient (Wildman–Crippen LogP) is 3.19. The summed E-state index contributed by atoms with van der Waals surface area (Å²) in [4.78, 5) is 6.37.